The van der Waals surface area contributed by atoms with Crippen molar-refractivity contribution >= 4 is 7.01 Å². The van der Waals surface area contributed by atoms with Gasteiger partial charge in [0.05, 0.1) is 0 Å². The van der Waals surface area contributed by atoms with Crippen LogP contribution in [0.5, 0.6) is 0 Å². The Morgan fingerprint density at radius 1 is 1.14 bits per heavy atom. The SMILES string of the molecule is CCCN[I-]S(=O)(=O)c1ccc(-c2ccc(F)cc2C)cc1. The molecule has 0 amide bonds. The zero-order valence-electron chi connectivity index (χ0n) is 12.4. The molecule has 2 aromatic carbocycles. The van der Waals surface area contributed by atoms with Crippen molar-refractivity contribution in [3.8, 4) is 11.1 Å². The van der Waals surface area contributed by atoms with Gasteiger partial charge in [0.2, 0.25) is 0 Å². The second kappa shape index (κ2) is 7.52. The molecule has 0 aliphatic heterocycles. The molecule has 120 valence electrons. The number of hydrogen-bond acceptors (Lipinski definition) is 3. The molecule has 0 fully saturated rings. The van der Waals surface area contributed by atoms with Gasteiger partial charge >= 0.3 is 140 Å². The monoisotopic (exact) mass is 434 g/mol. The molecular formula is C16H18FINO2S-. The van der Waals surface area contributed by atoms with Gasteiger partial charge in [-0.1, -0.05) is 0 Å². The van der Waals surface area contributed by atoms with Gasteiger partial charge in [-0.3, -0.25) is 0 Å². The van der Waals surface area contributed by atoms with Crippen LogP contribution in [0.4, 0.5) is 4.39 Å². The first-order chi connectivity index (χ1) is 10.4. The third kappa shape index (κ3) is 4.27. The Morgan fingerprint density at radius 3 is 2.41 bits per heavy atom. The van der Waals surface area contributed by atoms with Gasteiger partial charge in [-0.2, -0.15) is 0 Å². The minimum atomic E-state index is -3.21. The Kier molecular flexibility index (Phi) is 5.94. The third-order valence-corrected chi connectivity index (χ3v) is 9.02. The second-order valence-electron chi connectivity index (χ2n) is 4.88. The summed E-state index contributed by atoms with van der Waals surface area (Å²) in [4.78, 5) is 0.340. The number of rotatable bonds is 6. The van der Waals surface area contributed by atoms with Crippen molar-refractivity contribution in [2.24, 2.45) is 0 Å². The van der Waals surface area contributed by atoms with E-state index in [1.165, 1.54) is 12.1 Å². The number of nitrogens with one attached hydrogen (secondary N) is 1. The first kappa shape index (κ1) is 17.4. The summed E-state index contributed by atoms with van der Waals surface area (Å²) in [6, 6.07) is 11.4. The van der Waals surface area contributed by atoms with E-state index >= 15 is 0 Å². The summed E-state index contributed by atoms with van der Waals surface area (Å²) >= 11 is -1.11. The molecule has 0 unspecified atom stereocenters. The standard InChI is InChI=1S/C16H18FINO2S/c1-3-10-19-18-22(20,21)15-7-4-13(5-8-15)16-9-6-14(17)11-12(16)2/h4-9,11,19H,3,10H2,1-2H3/q-1. The average molecular weight is 434 g/mol. The van der Waals surface area contributed by atoms with Crippen LogP contribution in [-0.2, 0) is 7.01 Å². The molecule has 0 spiro atoms. The van der Waals surface area contributed by atoms with Crippen LogP contribution in [0.3, 0.4) is 0 Å². The van der Waals surface area contributed by atoms with Crippen molar-refractivity contribution in [3.63, 3.8) is 0 Å². The van der Waals surface area contributed by atoms with E-state index in [0.717, 1.165) is 29.7 Å². The van der Waals surface area contributed by atoms with Gasteiger partial charge in [-0.05, 0) is 0 Å². The van der Waals surface area contributed by atoms with Crippen LogP contribution in [0.15, 0.2) is 47.4 Å². The van der Waals surface area contributed by atoms with Crippen LogP contribution in [0, 0.1) is 12.7 Å². The Morgan fingerprint density at radius 2 is 1.82 bits per heavy atom. The number of aryl methyl sites for hydroxylation is 1. The van der Waals surface area contributed by atoms with Gasteiger partial charge in [-0.25, -0.2) is 0 Å². The molecule has 6 heteroatoms. The van der Waals surface area contributed by atoms with E-state index < -0.39 is 27.1 Å². The third-order valence-electron chi connectivity index (χ3n) is 3.14. The fourth-order valence-electron chi connectivity index (χ4n) is 2.00. The fourth-order valence-corrected chi connectivity index (χ4v) is 6.84. The number of benzene rings is 2. The molecule has 0 aliphatic rings. The first-order valence-corrected chi connectivity index (χ1v) is 12.0. The topological polar surface area (TPSA) is 46.2 Å². The van der Waals surface area contributed by atoms with E-state index in [-0.39, 0.29) is 5.82 Å². The van der Waals surface area contributed by atoms with Crippen molar-refractivity contribution < 1.29 is 32.9 Å². The van der Waals surface area contributed by atoms with Crippen LogP contribution in [0.2, 0.25) is 0 Å². The van der Waals surface area contributed by atoms with Crippen molar-refractivity contribution in [1.29, 1.82) is 0 Å². The molecule has 1 N–H and O–H groups in total. The molecule has 0 saturated heterocycles. The van der Waals surface area contributed by atoms with Gasteiger partial charge in [0, 0.05) is 0 Å². The summed E-state index contributed by atoms with van der Waals surface area (Å²) in [6.07, 6.45) is 0.915. The van der Waals surface area contributed by atoms with Crippen LogP contribution < -0.4 is 23.6 Å². The van der Waals surface area contributed by atoms with Crippen LogP contribution >= 0.6 is 0 Å². The maximum atomic E-state index is 13.1. The quantitative estimate of drug-likeness (QED) is 0.312. The molecule has 0 atom stereocenters. The molecule has 0 aliphatic carbocycles. The molecule has 2 rings (SSSR count). The van der Waals surface area contributed by atoms with E-state index in [1.807, 2.05) is 13.8 Å². The van der Waals surface area contributed by atoms with Crippen molar-refractivity contribution in [2.75, 3.05) is 6.54 Å². The summed E-state index contributed by atoms with van der Waals surface area (Å²) in [5, 5.41) is 0. The normalized spacial score (nSPS) is 11.8. The fraction of sp³-hybridized carbons (Fsp3) is 0.250. The van der Waals surface area contributed by atoms with Crippen molar-refractivity contribution in [3.05, 3.63) is 53.8 Å². The van der Waals surface area contributed by atoms with Crippen LogP contribution in [0.25, 0.3) is 11.1 Å². The van der Waals surface area contributed by atoms with E-state index in [9.17, 15) is 12.8 Å². The first-order valence-electron chi connectivity index (χ1n) is 6.94. The summed E-state index contributed by atoms with van der Waals surface area (Å²) in [6.45, 7) is 4.56. The molecule has 0 heterocycles. The van der Waals surface area contributed by atoms with Gasteiger partial charge in [-0.15, -0.1) is 0 Å². The van der Waals surface area contributed by atoms with Crippen molar-refractivity contribution in [2.45, 2.75) is 25.2 Å². The summed E-state index contributed by atoms with van der Waals surface area (Å²) in [7, 11) is -3.21. The molecule has 0 bridgehead atoms. The van der Waals surface area contributed by atoms with Gasteiger partial charge in [0.1, 0.15) is 0 Å². The van der Waals surface area contributed by atoms with Crippen molar-refractivity contribution in [1.82, 2.24) is 3.53 Å². The molecular weight excluding hydrogens is 416 g/mol. The summed E-state index contributed by atoms with van der Waals surface area (Å²) in [5.74, 6) is -0.271. The van der Waals surface area contributed by atoms with E-state index in [0.29, 0.717) is 4.90 Å². The summed E-state index contributed by atoms with van der Waals surface area (Å²) < 4.78 is 40.6. The Bertz CT molecular complexity index is 745. The van der Waals surface area contributed by atoms with E-state index in [1.54, 1.807) is 30.3 Å². The zero-order chi connectivity index (χ0) is 16.2. The molecule has 2 aromatic rings. The second-order valence-corrected chi connectivity index (χ2v) is 11.9. The molecule has 0 aromatic heterocycles. The number of hydrogen-bond donors (Lipinski definition) is 1. The number of halogens is 2. The Balaban J connectivity index is 2.23. The van der Waals surface area contributed by atoms with Crippen LogP contribution in [-0.4, -0.2) is 15.0 Å². The van der Waals surface area contributed by atoms with E-state index in [4.69, 9.17) is 0 Å². The molecule has 3 nitrogen and oxygen atoms in total. The van der Waals surface area contributed by atoms with Crippen LogP contribution in [0.1, 0.15) is 18.9 Å². The molecule has 0 radical (unpaired) electrons. The maximum absolute atomic E-state index is 13.1. The predicted octanol–water partition coefficient (Wildman–Crippen LogP) is 0.493. The molecule has 22 heavy (non-hydrogen) atoms. The summed E-state index contributed by atoms with van der Waals surface area (Å²) in [5.41, 5.74) is 2.62. The molecule has 0 saturated carbocycles. The Labute approximate surface area is 139 Å². The Hall–Kier alpha value is -0.990. The predicted molar refractivity (Wildman–Crippen MR) is 82.1 cm³/mol. The zero-order valence-corrected chi connectivity index (χ0v) is 15.4. The van der Waals surface area contributed by atoms with E-state index in [2.05, 4.69) is 3.53 Å². The van der Waals surface area contributed by atoms with Gasteiger partial charge < -0.3 is 0 Å². The van der Waals surface area contributed by atoms with Gasteiger partial charge in [0.15, 0.2) is 0 Å². The van der Waals surface area contributed by atoms with Gasteiger partial charge in [0.25, 0.3) is 0 Å². The minimum absolute atomic E-state index is 0.271. The average Bonchev–Trinajstić information content (AvgIpc) is 2.47.